The number of carbonyl (C=O) groups is 1. The number of esters is 1. The molecule has 116 valence electrons. The summed E-state index contributed by atoms with van der Waals surface area (Å²) in [5, 5.41) is 0.676. The minimum absolute atomic E-state index is 0.180. The molecule has 0 aliphatic rings. The van der Waals surface area contributed by atoms with Crippen molar-refractivity contribution in [3.63, 3.8) is 0 Å². The highest BCUT2D eigenvalue weighted by atomic mass is 79.9. The summed E-state index contributed by atoms with van der Waals surface area (Å²) in [7, 11) is 0. The van der Waals surface area contributed by atoms with E-state index >= 15 is 0 Å². The molecule has 0 aliphatic carbocycles. The van der Waals surface area contributed by atoms with Crippen molar-refractivity contribution in [1.29, 1.82) is 0 Å². The third-order valence-corrected chi connectivity index (χ3v) is 4.59. The Morgan fingerprint density at radius 1 is 1.14 bits per heavy atom. The quantitative estimate of drug-likeness (QED) is 0.460. The summed E-state index contributed by atoms with van der Waals surface area (Å²) >= 11 is 12.8. The Balaban J connectivity index is 1.99. The van der Waals surface area contributed by atoms with E-state index in [-0.39, 0.29) is 6.61 Å². The first-order valence-corrected chi connectivity index (χ1v) is 8.38. The number of halogens is 3. The summed E-state index contributed by atoms with van der Waals surface area (Å²) in [4.78, 5) is 11.9. The fourth-order valence-corrected chi connectivity index (χ4v) is 3.13. The van der Waals surface area contributed by atoms with Crippen molar-refractivity contribution < 1.29 is 14.3 Å². The topological polar surface area (TPSA) is 35.5 Å². The molecule has 0 N–H and O–H groups in total. The lowest BCUT2D eigenvalue weighted by molar-refractivity contribution is -0.136. The monoisotopic (exact) mass is 446 g/mol. The van der Waals surface area contributed by atoms with E-state index < -0.39 is 5.97 Å². The smallest absolute Gasteiger partial charge is 0.349 e. The highest BCUT2D eigenvalue weighted by Crippen LogP contribution is 2.28. The first-order chi connectivity index (χ1) is 10.4. The fourth-order valence-electron chi connectivity index (χ4n) is 1.85. The van der Waals surface area contributed by atoms with E-state index in [1.54, 1.807) is 18.2 Å². The summed E-state index contributed by atoms with van der Waals surface area (Å²) in [6.45, 7) is 3.55. The van der Waals surface area contributed by atoms with Gasteiger partial charge < -0.3 is 9.47 Å². The predicted octanol–water partition coefficient (Wildman–Crippen LogP) is 5.47. The minimum atomic E-state index is -0.476. The van der Waals surface area contributed by atoms with Crippen molar-refractivity contribution in [2.24, 2.45) is 0 Å². The number of hydrogen-bond donors (Lipinski definition) is 0. The zero-order valence-electron chi connectivity index (χ0n) is 12.0. The molecule has 6 heteroatoms. The second kappa shape index (κ2) is 7.49. The molecule has 0 heterocycles. The summed E-state index contributed by atoms with van der Waals surface area (Å²) in [6, 6.07) is 8.88. The Hall–Kier alpha value is -1.04. The predicted molar refractivity (Wildman–Crippen MR) is 93.9 cm³/mol. The summed E-state index contributed by atoms with van der Waals surface area (Å²) in [5.41, 5.74) is 1.72. The lowest BCUT2D eigenvalue weighted by atomic mass is 10.1. The van der Waals surface area contributed by atoms with Gasteiger partial charge in [0.05, 0.1) is 4.47 Å². The van der Waals surface area contributed by atoms with E-state index in [4.69, 9.17) is 21.1 Å². The van der Waals surface area contributed by atoms with Gasteiger partial charge in [0.15, 0.2) is 6.61 Å². The van der Waals surface area contributed by atoms with Gasteiger partial charge in [-0.3, -0.25) is 0 Å². The number of benzene rings is 2. The van der Waals surface area contributed by atoms with Gasteiger partial charge in [0.25, 0.3) is 0 Å². The lowest BCUT2D eigenvalue weighted by Gasteiger charge is -2.10. The van der Waals surface area contributed by atoms with E-state index in [0.717, 1.165) is 20.1 Å². The molecule has 0 aromatic heterocycles. The van der Waals surface area contributed by atoms with Crippen LogP contribution in [0.25, 0.3) is 0 Å². The molecule has 3 nitrogen and oxygen atoms in total. The van der Waals surface area contributed by atoms with E-state index in [2.05, 4.69) is 31.9 Å². The van der Waals surface area contributed by atoms with Gasteiger partial charge in [-0.2, -0.15) is 0 Å². The Kier molecular flexibility index (Phi) is 5.89. The van der Waals surface area contributed by atoms with Crippen LogP contribution in [-0.4, -0.2) is 12.6 Å². The van der Waals surface area contributed by atoms with Crippen LogP contribution < -0.4 is 9.47 Å². The molecule has 0 aliphatic heterocycles. The SMILES string of the molecule is Cc1cc(OC(=O)COc2ccc(Br)cc2Br)cc(C)c1Cl. The number of rotatable bonds is 4. The average Bonchev–Trinajstić information content (AvgIpc) is 2.43. The number of ether oxygens (including phenoxy) is 2. The van der Waals surface area contributed by atoms with Crippen LogP contribution in [0, 0.1) is 13.8 Å². The second-order valence-corrected chi connectivity index (χ2v) is 6.86. The molecule has 2 aromatic rings. The van der Waals surface area contributed by atoms with Gasteiger partial charge >= 0.3 is 5.97 Å². The molecule has 2 rings (SSSR count). The highest BCUT2D eigenvalue weighted by molar-refractivity contribution is 9.11. The standard InChI is InChI=1S/C16H13Br2ClO3/c1-9-5-12(6-10(2)16(9)19)22-15(20)8-21-14-4-3-11(17)7-13(14)18/h3-7H,8H2,1-2H3. The van der Waals surface area contributed by atoms with Crippen LogP contribution in [0.15, 0.2) is 39.3 Å². The van der Waals surface area contributed by atoms with Crippen LogP contribution >= 0.6 is 43.5 Å². The summed E-state index contributed by atoms with van der Waals surface area (Å²) in [5.74, 6) is 0.558. The highest BCUT2D eigenvalue weighted by Gasteiger charge is 2.10. The van der Waals surface area contributed by atoms with Gasteiger partial charge in [0.1, 0.15) is 11.5 Å². The normalized spacial score (nSPS) is 10.4. The van der Waals surface area contributed by atoms with Crippen LogP contribution in [-0.2, 0) is 4.79 Å². The molecule has 2 aromatic carbocycles. The Labute approximate surface area is 150 Å². The summed E-state index contributed by atoms with van der Waals surface area (Å²) in [6.07, 6.45) is 0. The van der Waals surface area contributed by atoms with Crippen molar-refractivity contribution in [1.82, 2.24) is 0 Å². The third-order valence-electron chi connectivity index (χ3n) is 2.88. The molecule has 0 atom stereocenters. The Bertz CT molecular complexity index is 694. The first kappa shape index (κ1) is 17.3. The molecule has 0 amide bonds. The maximum Gasteiger partial charge on any atom is 0.349 e. The van der Waals surface area contributed by atoms with Crippen molar-refractivity contribution >= 4 is 49.4 Å². The van der Waals surface area contributed by atoms with Gasteiger partial charge in [-0.15, -0.1) is 0 Å². The zero-order chi connectivity index (χ0) is 16.3. The van der Waals surface area contributed by atoms with Crippen molar-refractivity contribution in [3.05, 3.63) is 55.4 Å². The molecule has 0 saturated carbocycles. The maximum atomic E-state index is 11.9. The summed E-state index contributed by atoms with van der Waals surface area (Å²) < 4.78 is 12.4. The maximum absolute atomic E-state index is 11.9. The molecule has 0 saturated heterocycles. The second-order valence-electron chi connectivity index (χ2n) is 4.71. The number of carbonyl (C=O) groups excluding carboxylic acids is 1. The van der Waals surface area contributed by atoms with Gasteiger partial charge in [0, 0.05) is 9.50 Å². The van der Waals surface area contributed by atoms with Crippen LogP contribution in [0.2, 0.25) is 5.02 Å². The molecule has 0 spiro atoms. The van der Waals surface area contributed by atoms with E-state index in [9.17, 15) is 4.79 Å². The van der Waals surface area contributed by atoms with Crippen LogP contribution in [0.4, 0.5) is 0 Å². The Morgan fingerprint density at radius 2 is 1.77 bits per heavy atom. The lowest BCUT2D eigenvalue weighted by Crippen LogP contribution is -2.18. The molecule has 0 radical (unpaired) electrons. The van der Waals surface area contributed by atoms with Gasteiger partial charge in [-0.05, 0) is 71.2 Å². The van der Waals surface area contributed by atoms with Crippen molar-refractivity contribution in [2.45, 2.75) is 13.8 Å². The van der Waals surface area contributed by atoms with Gasteiger partial charge in [-0.1, -0.05) is 27.5 Å². The molecular formula is C16H13Br2ClO3. The van der Waals surface area contributed by atoms with Crippen molar-refractivity contribution in [2.75, 3.05) is 6.61 Å². The minimum Gasteiger partial charge on any atom is -0.481 e. The zero-order valence-corrected chi connectivity index (χ0v) is 15.9. The first-order valence-electron chi connectivity index (χ1n) is 6.42. The van der Waals surface area contributed by atoms with E-state index in [1.807, 2.05) is 26.0 Å². The molecule has 0 fully saturated rings. The third kappa shape index (κ3) is 4.48. The average molecular weight is 449 g/mol. The molecule has 22 heavy (non-hydrogen) atoms. The van der Waals surface area contributed by atoms with Crippen LogP contribution in [0.5, 0.6) is 11.5 Å². The fraction of sp³-hybridized carbons (Fsp3) is 0.188. The molecular weight excluding hydrogens is 435 g/mol. The van der Waals surface area contributed by atoms with Gasteiger partial charge in [-0.25, -0.2) is 4.79 Å². The number of hydrogen-bond acceptors (Lipinski definition) is 3. The van der Waals surface area contributed by atoms with Crippen LogP contribution in [0.3, 0.4) is 0 Å². The van der Waals surface area contributed by atoms with Gasteiger partial charge in [0.2, 0.25) is 0 Å². The van der Waals surface area contributed by atoms with Crippen LogP contribution in [0.1, 0.15) is 11.1 Å². The Morgan fingerprint density at radius 3 is 2.36 bits per heavy atom. The number of aryl methyl sites for hydroxylation is 2. The molecule has 0 bridgehead atoms. The van der Waals surface area contributed by atoms with E-state index in [1.165, 1.54) is 0 Å². The largest absolute Gasteiger partial charge is 0.481 e. The van der Waals surface area contributed by atoms with E-state index in [0.29, 0.717) is 16.5 Å². The molecule has 0 unspecified atom stereocenters. The van der Waals surface area contributed by atoms with Crippen molar-refractivity contribution in [3.8, 4) is 11.5 Å².